The average Bonchev–Trinajstić information content (AvgIpc) is 3.21. The Bertz CT molecular complexity index is 829. The van der Waals surface area contributed by atoms with Gasteiger partial charge in [-0.05, 0) is 30.7 Å². The highest BCUT2D eigenvalue weighted by molar-refractivity contribution is 7.11. The first kappa shape index (κ1) is 17.4. The lowest BCUT2D eigenvalue weighted by atomic mass is 10.1. The smallest absolute Gasteiger partial charge is 0.122 e. The molecule has 0 amide bonds. The van der Waals surface area contributed by atoms with Crippen LogP contribution in [0, 0.1) is 12.8 Å². The summed E-state index contributed by atoms with van der Waals surface area (Å²) in [5.74, 6) is 1.59. The van der Waals surface area contributed by atoms with Crippen LogP contribution in [0.5, 0.6) is 0 Å². The SMILES string of the molecule is Cc1ccc(CN2Cc3nccn3C[C@@H](COCc3cccnc3)C2)s1. The molecule has 0 aliphatic carbocycles. The third-order valence-electron chi connectivity index (χ3n) is 4.66. The lowest BCUT2D eigenvalue weighted by molar-refractivity contribution is 0.0666. The number of ether oxygens (including phenoxy) is 1. The van der Waals surface area contributed by atoms with Crippen molar-refractivity contribution in [3.63, 3.8) is 0 Å². The van der Waals surface area contributed by atoms with Crippen molar-refractivity contribution in [1.82, 2.24) is 19.4 Å². The molecule has 0 N–H and O–H groups in total. The molecule has 0 radical (unpaired) electrons. The highest BCUT2D eigenvalue weighted by Crippen LogP contribution is 2.22. The maximum Gasteiger partial charge on any atom is 0.122 e. The van der Waals surface area contributed by atoms with Crippen molar-refractivity contribution in [3.05, 3.63) is 70.2 Å². The fourth-order valence-corrected chi connectivity index (χ4v) is 4.40. The lowest BCUT2D eigenvalue weighted by Gasteiger charge is -2.23. The van der Waals surface area contributed by atoms with Crippen LogP contribution in [0.15, 0.2) is 49.1 Å². The fourth-order valence-electron chi connectivity index (χ4n) is 3.47. The normalized spacial score (nSPS) is 17.8. The Morgan fingerprint density at radius 3 is 3.00 bits per heavy atom. The van der Waals surface area contributed by atoms with E-state index < -0.39 is 0 Å². The Morgan fingerprint density at radius 2 is 2.19 bits per heavy atom. The van der Waals surface area contributed by atoms with Crippen molar-refractivity contribution < 1.29 is 4.74 Å². The molecule has 0 bridgehead atoms. The number of aromatic nitrogens is 3. The molecule has 0 aromatic carbocycles. The first-order valence-corrected chi connectivity index (χ1v) is 9.82. The summed E-state index contributed by atoms with van der Waals surface area (Å²) < 4.78 is 8.29. The molecular formula is C20H24N4OS. The predicted octanol–water partition coefficient (Wildman–Crippen LogP) is 3.50. The van der Waals surface area contributed by atoms with Crippen LogP contribution >= 0.6 is 11.3 Å². The van der Waals surface area contributed by atoms with E-state index in [9.17, 15) is 0 Å². The van der Waals surface area contributed by atoms with Gasteiger partial charge in [-0.15, -0.1) is 11.3 Å². The summed E-state index contributed by atoms with van der Waals surface area (Å²) in [5.41, 5.74) is 1.12. The quantitative estimate of drug-likeness (QED) is 0.668. The number of imidazole rings is 1. The van der Waals surface area contributed by atoms with E-state index in [2.05, 4.69) is 50.8 Å². The topological polar surface area (TPSA) is 43.2 Å². The van der Waals surface area contributed by atoms with E-state index in [1.54, 1.807) is 6.20 Å². The van der Waals surface area contributed by atoms with E-state index in [-0.39, 0.29) is 0 Å². The van der Waals surface area contributed by atoms with Gasteiger partial charge in [0.05, 0.1) is 19.8 Å². The maximum absolute atomic E-state index is 6.01. The molecule has 1 atom stereocenters. The van der Waals surface area contributed by atoms with Gasteiger partial charge < -0.3 is 9.30 Å². The summed E-state index contributed by atoms with van der Waals surface area (Å²) in [7, 11) is 0. The molecule has 3 aromatic rings. The van der Waals surface area contributed by atoms with Crippen molar-refractivity contribution >= 4 is 11.3 Å². The predicted molar refractivity (Wildman–Crippen MR) is 103 cm³/mol. The molecule has 6 heteroatoms. The van der Waals surface area contributed by atoms with E-state index in [1.807, 2.05) is 29.8 Å². The van der Waals surface area contributed by atoms with Crippen molar-refractivity contribution in [1.29, 1.82) is 0 Å². The summed E-state index contributed by atoms with van der Waals surface area (Å²) in [6, 6.07) is 8.45. The molecule has 3 aromatic heterocycles. The van der Waals surface area contributed by atoms with Crippen LogP contribution in [0.25, 0.3) is 0 Å². The standard InChI is InChI=1S/C20H24N4OS/c1-16-4-5-19(26-16)12-23-10-18(11-24-8-7-22-20(24)13-23)15-25-14-17-3-2-6-21-9-17/h2-9,18H,10-15H2,1H3/t18-/m0/s1. The van der Waals surface area contributed by atoms with Crippen LogP contribution in [-0.2, 0) is 31.0 Å². The molecule has 1 aliphatic rings. The second-order valence-electron chi connectivity index (χ2n) is 6.92. The molecular weight excluding hydrogens is 344 g/mol. The van der Waals surface area contributed by atoms with E-state index in [1.165, 1.54) is 9.75 Å². The van der Waals surface area contributed by atoms with E-state index in [0.29, 0.717) is 12.5 Å². The Morgan fingerprint density at radius 1 is 1.23 bits per heavy atom. The Kier molecular flexibility index (Phi) is 5.43. The highest BCUT2D eigenvalue weighted by atomic mass is 32.1. The fraction of sp³-hybridized carbons (Fsp3) is 0.400. The van der Waals surface area contributed by atoms with Crippen molar-refractivity contribution in [2.24, 2.45) is 5.92 Å². The number of pyridine rings is 1. The highest BCUT2D eigenvalue weighted by Gasteiger charge is 2.23. The van der Waals surface area contributed by atoms with Crippen LogP contribution in [0.3, 0.4) is 0 Å². The summed E-state index contributed by atoms with van der Waals surface area (Å²) >= 11 is 1.88. The second-order valence-corrected chi connectivity index (χ2v) is 8.29. The van der Waals surface area contributed by atoms with E-state index in [0.717, 1.165) is 44.2 Å². The summed E-state index contributed by atoms with van der Waals surface area (Å²) in [4.78, 5) is 14.0. The third-order valence-corrected chi connectivity index (χ3v) is 5.64. The largest absolute Gasteiger partial charge is 0.376 e. The summed E-state index contributed by atoms with van der Waals surface area (Å²) in [6.45, 7) is 7.37. The van der Waals surface area contributed by atoms with Crippen LogP contribution in [0.1, 0.15) is 21.1 Å². The first-order valence-electron chi connectivity index (χ1n) is 9.00. The minimum absolute atomic E-state index is 0.447. The number of rotatable bonds is 6. The summed E-state index contributed by atoms with van der Waals surface area (Å²) in [6.07, 6.45) is 7.65. The zero-order valence-corrected chi connectivity index (χ0v) is 15.9. The van der Waals surface area contributed by atoms with Crippen LogP contribution < -0.4 is 0 Å². The van der Waals surface area contributed by atoms with Gasteiger partial charge >= 0.3 is 0 Å². The lowest BCUT2D eigenvalue weighted by Crippen LogP contribution is -2.29. The number of hydrogen-bond acceptors (Lipinski definition) is 5. The number of aryl methyl sites for hydroxylation is 1. The van der Waals surface area contributed by atoms with Gasteiger partial charge in [-0.1, -0.05) is 6.07 Å². The molecule has 0 fully saturated rings. The molecule has 4 heterocycles. The van der Waals surface area contributed by atoms with Gasteiger partial charge in [0, 0.05) is 60.1 Å². The molecule has 26 heavy (non-hydrogen) atoms. The minimum Gasteiger partial charge on any atom is -0.376 e. The van der Waals surface area contributed by atoms with Crippen LogP contribution in [0.2, 0.25) is 0 Å². The zero-order valence-electron chi connectivity index (χ0n) is 15.0. The minimum atomic E-state index is 0.447. The zero-order chi connectivity index (χ0) is 17.8. The van der Waals surface area contributed by atoms with Gasteiger partial charge in [-0.3, -0.25) is 9.88 Å². The molecule has 0 saturated carbocycles. The van der Waals surface area contributed by atoms with Gasteiger partial charge in [0.2, 0.25) is 0 Å². The Hall–Kier alpha value is -2.02. The van der Waals surface area contributed by atoms with Crippen molar-refractivity contribution in [2.75, 3.05) is 13.2 Å². The molecule has 0 saturated heterocycles. The summed E-state index contributed by atoms with van der Waals surface area (Å²) in [5, 5.41) is 0. The van der Waals surface area contributed by atoms with Crippen molar-refractivity contribution in [2.45, 2.75) is 33.2 Å². The molecule has 136 valence electrons. The Balaban J connectivity index is 1.40. The molecule has 4 rings (SSSR count). The van der Waals surface area contributed by atoms with Crippen LogP contribution in [0.4, 0.5) is 0 Å². The van der Waals surface area contributed by atoms with Gasteiger partial charge in [-0.2, -0.15) is 0 Å². The molecule has 0 unspecified atom stereocenters. The number of thiophene rings is 1. The van der Waals surface area contributed by atoms with E-state index >= 15 is 0 Å². The van der Waals surface area contributed by atoms with Crippen molar-refractivity contribution in [3.8, 4) is 0 Å². The number of fused-ring (bicyclic) bond motifs is 1. The van der Waals surface area contributed by atoms with Gasteiger partial charge in [-0.25, -0.2) is 4.98 Å². The first-order chi connectivity index (χ1) is 12.8. The Labute approximate surface area is 158 Å². The number of hydrogen-bond donors (Lipinski definition) is 0. The third kappa shape index (κ3) is 4.38. The molecule has 5 nitrogen and oxygen atoms in total. The maximum atomic E-state index is 6.01. The molecule has 1 aliphatic heterocycles. The second kappa shape index (κ2) is 8.12. The van der Waals surface area contributed by atoms with Gasteiger partial charge in [0.15, 0.2) is 0 Å². The molecule has 0 spiro atoms. The monoisotopic (exact) mass is 368 g/mol. The number of nitrogens with zero attached hydrogens (tertiary/aromatic N) is 4. The van der Waals surface area contributed by atoms with Crippen LogP contribution in [-0.4, -0.2) is 32.6 Å². The van der Waals surface area contributed by atoms with Gasteiger partial charge in [0.1, 0.15) is 5.82 Å². The van der Waals surface area contributed by atoms with Gasteiger partial charge in [0.25, 0.3) is 0 Å². The average molecular weight is 369 g/mol. The van der Waals surface area contributed by atoms with E-state index in [4.69, 9.17) is 4.74 Å².